The highest BCUT2D eigenvalue weighted by molar-refractivity contribution is 5.93. The minimum Gasteiger partial charge on any atom is -0.277 e. The lowest BCUT2D eigenvalue weighted by Crippen LogP contribution is -1.93. The second-order valence-corrected chi connectivity index (χ2v) is 5.78. The van der Waals surface area contributed by atoms with Crippen LogP contribution in [0, 0.1) is 5.82 Å². The van der Waals surface area contributed by atoms with Gasteiger partial charge < -0.3 is 0 Å². The molecule has 0 atom stereocenters. The van der Waals surface area contributed by atoms with Crippen LogP contribution in [0.4, 0.5) is 4.39 Å². The monoisotopic (exact) mass is 317 g/mol. The largest absolute Gasteiger partial charge is 0.277 e. The summed E-state index contributed by atoms with van der Waals surface area (Å²) in [6, 6.07) is 18.7. The lowest BCUT2D eigenvalue weighted by atomic mass is 10.0. The summed E-state index contributed by atoms with van der Waals surface area (Å²) in [6.45, 7) is 0. The quantitative estimate of drug-likeness (QED) is 0.600. The van der Waals surface area contributed by atoms with Crippen LogP contribution >= 0.6 is 0 Å². The summed E-state index contributed by atoms with van der Waals surface area (Å²) in [5, 5.41) is 8.50. The van der Waals surface area contributed by atoms with E-state index in [1.54, 1.807) is 12.1 Å². The lowest BCUT2D eigenvalue weighted by Gasteiger charge is -2.03. The van der Waals surface area contributed by atoms with E-state index in [0.29, 0.717) is 0 Å². The van der Waals surface area contributed by atoms with Crippen LogP contribution < -0.4 is 0 Å². The number of halogens is 1. The van der Waals surface area contributed by atoms with Gasteiger partial charge in [-0.2, -0.15) is 5.10 Å². The third-order valence-electron chi connectivity index (χ3n) is 4.14. The minimum atomic E-state index is -0.241. The SMILES string of the molecule is Fc1ccc(-c2n[nH]c3ccc(CCc4ccccn4)cc23)cc1. The fourth-order valence-corrected chi connectivity index (χ4v) is 2.86. The van der Waals surface area contributed by atoms with Gasteiger partial charge in [-0.3, -0.25) is 10.1 Å². The molecule has 24 heavy (non-hydrogen) atoms. The first kappa shape index (κ1) is 14.6. The molecule has 0 spiro atoms. The Balaban J connectivity index is 1.64. The highest BCUT2D eigenvalue weighted by Crippen LogP contribution is 2.27. The van der Waals surface area contributed by atoms with E-state index in [-0.39, 0.29) is 5.82 Å². The zero-order chi connectivity index (χ0) is 16.4. The van der Waals surface area contributed by atoms with Crippen LogP contribution in [-0.2, 0) is 12.8 Å². The summed E-state index contributed by atoms with van der Waals surface area (Å²) in [6.07, 6.45) is 3.64. The molecule has 4 heteroatoms. The summed E-state index contributed by atoms with van der Waals surface area (Å²) >= 11 is 0. The van der Waals surface area contributed by atoms with Crippen LogP contribution in [0.1, 0.15) is 11.3 Å². The molecule has 0 saturated heterocycles. The number of benzene rings is 2. The number of aromatic nitrogens is 3. The van der Waals surface area contributed by atoms with Gasteiger partial charge in [0.2, 0.25) is 0 Å². The standard InChI is InChI=1S/C20H16FN3/c21-16-8-6-15(7-9-16)20-18-13-14(5-11-19(18)23-24-20)4-10-17-3-1-2-12-22-17/h1-3,5-9,11-13H,4,10H2,(H,23,24). The molecule has 3 nitrogen and oxygen atoms in total. The highest BCUT2D eigenvalue weighted by Gasteiger charge is 2.09. The van der Waals surface area contributed by atoms with E-state index < -0.39 is 0 Å². The van der Waals surface area contributed by atoms with Gasteiger partial charge in [0.1, 0.15) is 5.82 Å². The summed E-state index contributed by atoms with van der Waals surface area (Å²) in [5.41, 5.74) is 5.06. The molecule has 2 aromatic heterocycles. The van der Waals surface area contributed by atoms with Gasteiger partial charge in [0.25, 0.3) is 0 Å². The summed E-state index contributed by atoms with van der Waals surface area (Å²) in [5.74, 6) is -0.241. The van der Waals surface area contributed by atoms with Crippen molar-refractivity contribution in [3.05, 3.63) is 83.9 Å². The van der Waals surface area contributed by atoms with E-state index in [0.717, 1.165) is 40.7 Å². The number of pyridine rings is 1. The molecule has 1 N–H and O–H groups in total. The number of fused-ring (bicyclic) bond motifs is 1. The van der Waals surface area contributed by atoms with Crippen molar-refractivity contribution in [3.63, 3.8) is 0 Å². The second kappa shape index (κ2) is 6.24. The third kappa shape index (κ3) is 2.91. The van der Waals surface area contributed by atoms with Crippen LogP contribution in [-0.4, -0.2) is 15.2 Å². The van der Waals surface area contributed by atoms with E-state index >= 15 is 0 Å². The molecular weight excluding hydrogens is 301 g/mol. The van der Waals surface area contributed by atoms with Crippen molar-refractivity contribution in [2.45, 2.75) is 12.8 Å². The molecule has 0 aliphatic carbocycles. The molecule has 2 heterocycles. The maximum Gasteiger partial charge on any atom is 0.123 e. The van der Waals surface area contributed by atoms with Gasteiger partial charge in [0.15, 0.2) is 0 Å². The zero-order valence-corrected chi connectivity index (χ0v) is 13.0. The molecule has 0 fully saturated rings. The first-order valence-corrected chi connectivity index (χ1v) is 7.92. The molecule has 0 unspecified atom stereocenters. The number of nitrogens with zero attached hydrogens (tertiary/aromatic N) is 2. The number of nitrogens with one attached hydrogen (secondary N) is 1. The van der Waals surface area contributed by atoms with E-state index in [1.165, 1.54) is 17.7 Å². The molecule has 0 amide bonds. The predicted molar refractivity (Wildman–Crippen MR) is 93.1 cm³/mol. The molecular formula is C20H16FN3. The van der Waals surface area contributed by atoms with Crippen molar-refractivity contribution >= 4 is 10.9 Å². The molecule has 0 aliphatic rings. The number of hydrogen-bond acceptors (Lipinski definition) is 2. The van der Waals surface area contributed by atoms with E-state index in [4.69, 9.17) is 0 Å². The Labute approximate surface area is 139 Å². The van der Waals surface area contributed by atoms with Crippen molar-refractivity contribution < 1.29 is 4.39 Å². The van der Waals surface area contributed by atoms with Crippen LogP contribution in [0.2, 0.25) is 0 Å². The summed E-state index contributed by atoms with van der Waals surface area (Å²) in [4.78, 5) is 4.37. The van der Waals surface area contributed by atoms with Crippen molar-refractivity contribution in [3.8, 4) is 11.3 Å². The highest BCUT2D eigenvalue weighted by atomic mass is 19.1. The smallest absolute Gasteiger partial charge is 0.123 e. The van der Waals surface area contributed by atoms with Gasteiger partial charge in [-0.1, -0.05) is 12.1 Å². The molecule has 0 radical (unpaired) electrons. The van der Waals surface area contributed by atoms with E-state index in [1.807, 2.05) is 30.5 Å². The lowest BCUT2D eigenvalue weighted by molar-refractivity contribution is 0.628. The molecule has 118 valence electrons. The maximum absolute atomic E-state index is 13.1. The van der Waals surface area contributed by atoms with Crippen molar-refractivity contribution in [2.24, 2.45) is 0 Å². The predicted octanol–water partition coefficient (Wildman–Crippen LogP) is 4.55. The Bertz CT molecular complexity index is 959. The number of aromatic amines is 1. The molecule has 4 rings (SSSR count). The van der Waals surface area contributed by atoms with Gasteiger partial charge in [0.05, 0.1) is 11.2 Å². The van der Waals surface area contributed by atoms with Gasteiger partial charge in [-0.15, -0.1) is 0 Å². The van der Waals surface area contributed by atoms with E-state index in [2.05, 4.69) is 27.3 Å². The van der Waals surface area contributed by atoms with E-state index in [9.17, 15) is 4.39 Å². The normalized spacial score (nSPS) is 11.0. The Morgan fingerprint density at radius 2 is 1.79 bits per heavy atom. The van der Waals surface area contributed by atoms with Crippen LogP contribution in [0.5, 0.6) is 0 Å². The van der Waals surface area contributed by atoms with Crippen molar-refractivity contribution in [2.75, 3.05) is 0 Å². The summed E-state index contributed by atoms with van der Waals surface area (Å²) < 4.78 is 13.1. The van der Waals surface area contributed by atoms with Crippen LogP contribution in [0.25, 0.3) is 22.2 Å². The first-order chi connectivity index (χ1) is 11.8. The molecule has 0 aliphatic heterocycles. The Hall–Kier alpha value is -3.01. The van der Waals surface area contributed by atoms with Gasteiger partial charge in [-0.05, 0) is 66.9 Å². The van der Waals surface area contributed by atoms with Gasteiger partial charge >= 0.3 is 0 Å². The molecule has 4 aromatic rings. The molecule has 0 saturated carbocycles. The fourth-order valence-electron chi connectivity index (χ4n) is 2.86. The Kier molecular flexibility index (Phi) is 3.79. The second-order valence-electron chi connectivity index (χ2n) is 5.78. The third-order valence-corrected chi connectivity index (χ3v) is 4.14. The molecule has 0 bridgehead atoms. The Morgan fingerprint density at radius 1 is 0.917 bits per heavy atom. The van der Waals surface area contributed by atoms with Crippen LogP contribution in [0.3, 0.4) is 0 Å². The minimum absolute atomic E-state index is 0.241. The first-order valence-electron chi connectivity index (χ1n) is 7.92. The average molecular weight is 317 g/mol. The van der Waals surface area contributed by atoms with Gasteiger partial charge in [-0.25, -0.2) is 4.39 Å². The summed E-state index contributed by atoms with van der Waals surface area (Å²) in [7, 11) is 0. The van der Waals surface area contributed by atoms with Crippen molar-refractivity contribution in [1.29, 1.82) is 0 Å². The average Bonchev–Trinajstić information content (AvgIpc) is 3.05. The van der Waals surface area contributed by atoms with Crippen molar-refractivity contribution in [1.82, 2.24) is 15.2 Å². The topological polar surface area (TPSA) is 41.6 Å². The van der Waals surface area contributed by atoms with Crippen LogP contribution in [0.15, 0.2) is 66.9 Å². The number of H-pyrrole nitrogens is 1. The number of aryl methyl sites for hydroxylation is 2. The zero-order valence-electron chi connectivity index (χ0n) is 13.0. The maximum atomic E-state index is 13.1. The Morgan fingerprint density at radius 3 is 2.58 bits per heavy atom. The number of rotatable bonds is 4. The number of hydrogen-bond donors (Lipinski definition) is 1. The molecule has 2 aromatic carbocycles. The van der Waals surface area contributed by atoms with Gasteiger partial charge in [0, 0.05) is 22.8 Å². The fraction of sp³-hybridized carbons (Fsp3) is 0.100.